The normalized spacial score (nSPS) is 10.3. The maximum Gasteiger partial charge on any atom is 0.248 e. The van der Waals surface area contributed by atoms with Gasteiger partial charge in [0.25, 0.3) is 0 Å². The van der Waals surface area contributed by atoms with Crippen LogP contribution in [0.4, 0.5) is 17.1 Å². The SMILES string of the molecule is C=CC=C.C=CC=C.c1ccc(-c2ccc(-c3ccc(N(c4ccccc4)c4ccc(-c5ccccc5-c5ccccc5-c5ccc(-c6nnc(-c7ccccc7)o6)cc5)cc4)cc3)cc2)cc1. The van der Waals surface area contributed by atoms with Crippen LogP contribution in [0.5, 0.6) is 0 Å². The van der Waals surface area contributed by atoms with Crippen molar-refractivity contribution in [3.63, 3.8) is 0 Å². The summed E-state index contributed by atoms with van der Waals surface area (Å²) in [6.45, 7) is 13.4. The third-order valence-corrected chi connectivity index (χ3v) is 11.3. The number of nitrogens with zero attached hydrogens (tertiary/aromatic N) is 3. The zero-order chi connectivity index (χ0) is 46.9. The second-order valence-electron chi connectivity index (χ2n) is 15.6. The van der Waals surface area contributed by atoms with Gasteiger partial charge in [-0.25, -0.2) is 0 Å². The Balaban J connectivity index is 0.000000727. The van der Waals surface area contributed by atoms with Crippen molar-refractivity contribution in [2.24, 2.45) is 0 Å². The molecule has 0 atom stereocenters. The molecule has 0 radical (unpaired) electrons. The van der Waals surface area contributed by atoms with E-state index in [-0.39, 0.29) is 0 Å². The molecule has 0 aliphatic heterocycles. The molecular weight excluding hydrogens is 827 g/mol. The van der Waals surface area contributed by atoms with Crippen LogP contribution in [0.25, 0.3) is 78.5 Å². The molecule has 10 rings (SSSR count). The van der Waals surface area contributed by atoms with Crippen molar-refractivity contribution >= 4 is 17.1 Å². The number of benzene rings is 9. The highest BCUT2D eigenvalue weighted by molar-refractivity contribution is 5.92. The molecule has 9 aromatic carbocycles. The van der Waals surface area contributed by atoms with Crippen LogP contribution in [0.2, 0.25) is 0 Å². The topological polar surface area (TPSA) is 42.2 Å². The first-order valence-electron chi connectivity index (χ1n) is 22.4. The molecule has 0 unspecified atom stereocenters. The van der Waals surface area contributed by atoms with E-state index in [4.69, 9.17) is 4.42 Å². The minimum Gasteiger partial charge on any atom is -0.416 e. The number of anilines is 3. The lowest BCUT2D eigenvalue weighted by molar-refractivity contribution is 0.584. The Morgan fingerprint density at radius 2 is 0.529 bits per heavy atom. The van der Waals surface area contributed by atoms with Crippen molar-refractivity contribution in [1.29, 1.82) is 0 Å². The molecule has 0 aliphatic rings. The minimum atomic E-state index is 0.496. The number of para-hydroxylation sites is 1. The zero-order valence-electron chi connectivity index (χ0n) is 37.9. The Bertz CT molecular complexity index is 3170. The van der Waals surface area contributed by atoms with Gasteiger partial charge in [-0.05, 0) is 116 Å². The van der Waals surface area contributed by atoms with Gasteiger partial charge in [0.2, 0.25) is 11.8 Å². The van der Waals surface area contributed by atoms with Crippen LogP contribution in [-0.2, 0) is 0 Å². The van der Waals surface area contributed by atoms with E-state index in [2.05, 4.69) is 236 Å². The van der Waals surface area contributed by atoms with Gasteiger partial charge in [0.15, 0.2) is 0 Å². The van der Waals surface area contributed by atoms with Gasteiger partial charge in [0.1, 0.15) is 0 Å². The van der Waals surface area contributed by atoms with E-state index in [9.17, 15) is 0 Å². The maximum absolute atomic E-state index is 6.04. The summed E-state index contributed by atoms with van der Waals surface area (Å²) >= 11 is 0. The van der Waals surface area contributed by atoms with Gasteiger partial charge in [0, 0.05) is 28.2 Å². The molecule has 0 saturated carbocycles. The number of aromatic nitrogens is 2. The van der Waals surface area contributed by atoms with Crippen molar-refractivity contribution in [3.8, 4) is 78.5 Å². The van der Waals surface area contributed by atoms with E-state index in [1.807, 2.05) is 42.5 Å². The van der Waals surface area contributed by atoms with Crippen LogP contribution in [0.15, 0.2) is 292 Å². The molecule has 10 aromatic rings. The van der Waals surface area contributed by atoms with Crippen LogP contribution in [0.1, 0.15) is 0 Å². The highest BCUT2D eigenvalue weighted by Crippen LogP contribution is 2.41. The fourth-order valence-corrected chi connectivity index (χ4v) is 7.87. The van der Waals surface area contributed by atoms with E-state index in [0.717, 1.165) is 50.4 Å². The second kappa shape index (κ2) is 22.7. The molecule has 0 aliphatic carbocycles. The van der Waals surface area contributed by atoms with Crippen LogP contribution >= 0.6 is 0 Å². The van der Waals surface area contributed by atoms with Gasteiger partial charge in [-0.15, -0.1) is 10.2 Å². The van der Waals surface area contributed by atoms with Crippen molar-refractivity contribution in [2.75, 3.05) is 4.90 Å². The zero-order valence-corrected chi connectivity index (χ0v) is 37.9. The molecule has 0 N–H and O–H groups in total. The van der Waals surface area contributed by atoms with Crippen molar-refractivity contribution in [3.05, 3.63) is 287 Å². The number of hydrogen-bond donors (Lipinski definition) is 0. The van der Waals surface area contributed by atoms with Crippen LogP contribution in [-0.4, -0.2) is 10.2 Å². The summed E-state index contributed by atoms with van der Waals surface area (Å²) in [5.74, 6) is 1.00. The highest BCUT2D eigenvalue weighted by atomic mass is 16.4. The number of allylic oxidation sites excluding steroid dienone is 4. The Morgan fingerprint density at radius 1 is 0.265 bits per heavy atom. The monoisotopic (exact) mass is 877 g/mol. The Labute approximate surface area is 400 Å². The summed E-state index contributed by atoms with van der Waals surface area (Å²) in [5, 5.41) is 8.62. The van der Waals surface area contributed by atoms with Crippen molar-refractivity contribution in [2.45, 2.75) is 0 Å². The second-order valence-corrected chi connectivity index (χ2v) is 15.6. The minimum absolute atomic E-state index is 0.496. The molecule has 68 heavy (non-hydrogen) atoms. The number of hydrogen-bond acceptors (Lipinski definition) is 4. The molecule has 4 heteroatoms. The average Bonchev–Trinajstić information content (AvgIpc) is 3.93. The summed E-state index contributed by atoms with van der Waals surface area (Å²) in [7, 11) is 0. The Morgan fingerprint density at radius 3 is 0.941 bits per heavy atom. The fraction of sp³-hybridized carbons (Fsp3) is 0. The molecule has 0 saturated heterocycles. The predicted molar refractivity (Wildman–Crippen MR) is 288 cm³/mol. The first-order valence-corrected chi connectivity index (χ1v) is 22.4. The van der Waals surface area contributed by atoms with Crippen LogP contribution < -0.4 is 4.90 Å². The fourth-order valence-electron chi connectivity index (χ4n) is 7.87. The van der Waals surface area contributed by atoms with Gasteiger partial charge in [-0.2, -0.15) is 0 Å². The molecule has 4 nitrogen and oxygen atoms in total. The third-order valence-electron chi connectivity index (χ3n) is 11.3. The smallest absolute Gasteiger partial charge is 0.248 e. The molecular formula is C64H51N3O. The van der Waals surface area contributed by atoms with E-state index >= 15 is 0 Å². The van der Waals surface area contributed by atoms with Gasteiger partial charge >= 0.3 is 0 Å². The molecule has 0 fully saturated rings. The molecule has 0 bridgehead atoms. The van der Waals surface area contributed by atoms with Gasteiger partial charge in [-0.1, -0.05) is 227 Å². The summed E-state index contributed by atoms with van der Waals surface area (Å²) in [4.78, 5) is 2.31. The van der Waals surface area contributed by atoms with Crippen molar-refractivity contribution in [1.82, 2.24) is 10.2 Å². The largest absolute Gasteiger partial charge is 0.416 e. The lowest BCUT2D eigenvalue weighted by atomic mass is 9.89. The van der Waals surface area contributed by atoms with Crippen LogP contribution in [0, 0.1) is 0 Å². The third kappa shape index (κ3) is 10.9. The molecule has 328 valence electrons. The quantitative estimate of drug-likeness (QED) is 0.115. The molecule has 1 aromatic heterocycles. The summed E-state index contributed by atoms with van der Waals surface area (Å²) in [5.41, 5.74) is 16.8. The first kappa shape index (κ1) is 45.4. The van der Waals surface area contributed by atoms with E-state index < -0.39 is 0 Å². The van der Waals surface area contributed by atoms with Gasteiger partial charge in [0.05, 0.1) is 0 Å². The predicted octanol–water partition coefficient (Wildman–Crippen LogP) is 17.9. The number of rotatable bonds is 12. The van der Waals surface area contributed by atoms with E-state index in [0.29, 0.717) is 11.8 Å². The van der Waals surface area contributed by atoms with Gasteiger partial charge in [-0.3, -0.25) is 0 Å². The lowest BCUT2D eigenvalue weighted by Crippen LogP contribution is -2.09. The standard InChI is InChI=1S/C56H39N3O.2C4H6/c1-4-14-40(15-5-1)41-24-26-42(27-25-41)43-32-36-49(37-33-43)59(48-18-8-3-9-19-48)50-38-34-45(35-39-50)52-21-11-13-23-54(52)53-22-12-10-20-51(53)44-28-30-47(31-29-44)56-58-57-55(60-56)46-16-6-2-7-17-46;2*1-3-4-2/h1-39H;2*3-4H,1-2H2. The van der Waals surface area contributed by atoms with E-state index in [1.54, 1.807) is 24.3 Å². The van der Waals surface area contributed by atoms with Crippen molar-refractivity contribution < 1.29 is 4.42 Å². The molecule has 0 spiro atoms. The summed E-state index contributed by atoms with van der Waals surface area (Å²) < 4.78 is 6.04. The Kier molecular flexibility index (Phi) is 15.2. The van der Waals surface area contributed by atoms with Crippen LogP contribution in [0.3, 0.4) is 0 Å². The van der Waals surface area contributed by atoms with Gasteiger partial charge < -0.3 is 9.32 Å². The summed E-state index contributed by atoms with van der Waals surface area (Å²) in [6.07, 6.45) is 6.56. The van der Waals surface area contributed by atoms with E-state index in [1.165, 1.54) is 33.4 Å². The average molecular weight is 878 g/mol. The maximum atomic E-state index is 6.04. The molecule has 1 heterocycles. The highest BCUT2D eigenvalue weighted by Gasteiger charge is 2.17. The molecule has 0 amide bonds. The first-order chi connectivity index (χ1) is 33.6. The Hall–Kier alpha value is -9.12. The summed E-state index contributed by atoms with van der Waals surface area (Å²) in [6, 6.07) is 83.1. The lowest BCUT2D eigenvalue weighted by Gasteiger charge is -2.26.